The topological polar surface area (TPSA) is 133 Å². The number of nitro benzene ring substituents is 2. The summed E-state index contributed by atoms with van der Waals surface area (Å²) in [6.45, 7) is 0.393. The fourth-order valence-corrected chi connectivity index (χ4v) is 2.35. The van der Waals surface area contributed by atoms with E-state index in [-0.39, 0.29) is 30.5 Å². The number of primary amides is 1. The van der Waals surface area contributed by atoms with Crippen LogP contribution in [0.3, 0.4) is 0 Å². The van der Waals surface area contributed by atoms with E-state index in [9.17, 15) is 25.0 Å². The molecule has 120 valence electrons. The molecule has 0 fully saturated rings. The van der Waals surface area contributed by atoms with Crippen molar-refractivity contribution in [1.29, 1.82) is 0 Å². The quantitative estimate of drug-likeness (QED) is 0.432. The summed E-state index contributed by atoms with van der Waals surface area (Å²) < 4.78 is 0. The van der Waals surface area contributed by atoms with Crippen LogP contribution in [0, 0.1) is 20.2 Å². The van der Waals surface area contributed by atoms with E-state index in [1.165, 1.54) is 11.0 Å². The molecule has 0 aromatic heterocycles. The normalized spacial score (nSPS) is 10.3. The maximum Gasteiger partial charge on any atom is 0.369 e. The first-order chi connectivity index (χ1) is 10.3. The van der Waals surface area contributed by atoms with Crippen molar-refractivity contribution in [3.63, 3.8) is 0 Å². The number of nitrogens with two attached hydrogens (primary N) is 1. The number of rotatable bonds is 8. The minimum Gasteiger partial charge on any atom is -0.365 e. The molecule has 9 nitrogen and oxygen atoms in total. The van der Waals surface area contributed by atoms with Crippen LogP contribution < -0.4 is 10.6 Å². The van der Waals surface area contributed by atoms with Crippen LogP contribution in [0.2, 0.25) is 0 Å². The van der Waals surface area contributed by atoms with Crippen molar-refractivity contribution in [3.8, 4) is 0 Å². The van der Waals surface area contributed by atoms with E-state index < -0.39 is 32.7 Å². The Balaban J connectivity index is 3.65. The SMILES string of the molecule is NC(=O)c1ccc(N(CCCl)CCCl)c([N+](=O)[O-])c1[N+](=O)[O-]. The molecule has 0 atom stereocenters. The van der Waals surface area contributed by atoms with Crippen molar-refractivity contribution in [2.75, 3.05) is 29.7 Å². The van der Waals surface area contributed by atoms with Gasteiger partial charge in [-0.05, 0) is 12.1 Å². The van der Waals surface area contributed by atoms with Crippen LogP contribution in [0.15, 0.2) is 12.1 Å². The maximum atomic E-state index is 11.3. The summed E-state index contributed by atoms with van der Waals surface area (Å²) in [5.41, 5.74) is 2.72. The molecule has 0 aliphatic heterocycles. The fraction of sp³-hybridized carbons (Fsp3) is 0.364. The van der Waals surface area contributed by atoms with E-state index >= 15 is 0 Å². The number of anilines is 1. The van der Waals surface area contributed by atoms with Gasteiger partial charge in [-0.1, -0.05) is 0 Å². The van der Waals surface area contributed by atoms with Gasteiger partial charge in [-0.25, -0.2) is 0 Å². The molecular formula is C11H12Cl2N4O5. The van der Waals surface area contributed by atoms with Crippen molar-refractivity contribution >= 4 is 46.2 Å². The lowest BCUT2D eigenvalue weighted by Crippen LogP contribution is -2.29. The molecule has 2 N–H and O–H groups in total. The molecule has 1 amide bonds. The molecule has 1 aromatic carbocycles. The Morgan fingerprint density at radius 3 is 1.95 bits per heavy atom. The molecule has 0 heterocycles. The first kappa shape index (κ1) is 17.9. The van der Waals surface area contributed by atoms with Crippen LogP contribution in [0.4, 0.5) is 17.1 Å². The number of alkyl halides is 2. The molecule has 0 saturated carbocycles. The van der Waals surface area contributed by atoms with E-state index in [4.69, 9.17) is 28.9 Å². The summed E-state index contributed by atoms with van der Waals surface area (Å²) in [6, 6.07) is 2.31. The summed E-state index contributed by atoms with van der Waals surface area (Å²) in [6.07, 6.45) is 0. The second kappa shape index (κ2) is 7.76. The average Bonchev–Trinajstić information content (AvgIpc) is 2.45. The molecule has 0 spiro atoms. The average molecular weight is 351 g/mol. The molecule has 0 aliphatic carbocycles. The number of amides is 1. The minimum atomic E-state index is -1.12. The Morgan fingerprint density at radius 2 is 1.59 bits per heavy atom. The van der Waals surface area contributed by atoms with E-state index in [2.05, 4.69) is 0 Å². The van der Waals surface area contributed by atoms with Crippen molar-refractivity contribution in [1.82, 2.24) is 0 Å². The Hall–Kier alpha value is -2.13. The number of nitrogens with zero attached hydrogens (tertiary/aromatic N) is 3. The zero-order valence-electron chi connectivity index (χ0n) is 11.2. The van der Waals surface area contributed by atoms with E-state index in [1.54, 1.807) is 0 Å². The van der Waals surface area contributed by atoms with Gasteiger partial charge in [-0.2, -0.15) is 0 Å². The Kier molecular flexibility index (Phi) is 6.32. The maximum absolute atomic E-state index is 11.3. The number of halogens is 2. The molecular weight excluding hydrogens is 339 g/mol. The second-order valence-electron chi connectivity index (χ2n) is 4.07. The first-order valence-electron chi connectivity index (χ1n) is 5.97. The number of nitro groups is 2. The minimum absolute atomic E-state index is 0.0389. The van der Waals surface area contributed by atoms with Crippen LogP contribution in [-0.2, 0) is 0 Å². The van der Waals surface area contributed by atoms with Gasteiger partial charge < -0.3 is 10.6 Å². The monoisotopic (exact) mass is 350 g/mol. The molecule has 0 radical (unpaired) electrons. The van der Waals surface area contributed by atoms with Crippen LogP contribution in [0.1, 0.15) is 10.4 Å². The van der Waals surface area contributed by atoms with E-state index in [0.29, 0.717) is 0 Å². The molecule has 1 aromatic rings. The zero-order chi connectivity index (χ0) is 16.9. The Bertz CT molecular complexity index is 604. The lowest BCUT2D eigenvalue weighted by Gasteiger charge is -2.22. The van der Waals surface area contributed by atoms with Crippen LogP contribution in [-0.4, -0.2) is 40.6 Å². The Labute approximate surface area is 134 Å². The van der Waals surface area contributed by atoms with Gasteiger partial charge in [0.15, 0.2) is 0 Å². The third-order valence-electron chi connectivity index (χ3n) is 2.81. The number of carbonyl (C=O) groups excluding carboxylic acids is 1. The predicted molar refractivity (Wildman–Crippen MR) is 81.9 cm³/mol. The van der Waals surface area contributed by atoms with Crippen molar-refractivity contribution < 1.29 is 14.6 Å². The van der Waals surface area contributed by atoms with Crippen LogP contribution in [0.25, 0.3) is 0 Å². The molecule has 0 unspecified atom stereocenters. The number of benzene rings is 1. The first-order valence-corrected chi connectivity index (χ1v) is 7.04. The lowest BCUT2D eigenvalue weighted by molar-refractivity contribution is -0.422. The summed E-state index contributed by atoms with van der Waals surface area (Å²) in [7, 11) is 0. The van der Waals surface area contributed by atoms with Gasteiger partial charge in [0, 0.05) is 24.8 Å². The van der Waals surface area contributed by atoms with Gasteiger partial charge in [-0.15, -0.1) is 23.2 Å². The van der Waals surface area contributed by atoms with Gasteiger partial charge in [-0.3, -0.25) is 25.0 Å². The van der Waals surface area contributed by atoms with E-state index in [0.717, 1.165) is 6.07 Å². The van der Waals surface area contributed by atoms with Gasteiger partial charge in [0.1, 0.15) is 11.3 Å². The number of hydrogen-bond donors (Lipinski definition) is 1. The molecule has 0 saturated heterocycles. The highest BCUT2D eigenvalue weighted by molar-refractivity contribution is 6.18. The highest BCUT2D eigenvalue weighted by atomic mass is 35.5. The number of hydrogen-bond acceptors (Lipinski definition) is 6. The van der Waals surface area contributed by atoms with Crippen molar-refractivity contribution in [2.24, 2.45) is 5.73 Å². The summed E-state index contributed by atoms with van der Waals surface area (Å²) in [5, 5.41) is 22.5. The summed E-state index contributed by atoms with van der Waals surface area (Å²) in [5.74, 6) is -0.846. The zero-order valence-corrected chi connectivity index (χ0v) is 12.7. The van der Waals surface area contributed by atoms with Crippen molar-refractivity contribution in [3.05, 3.63) is 37.9 Å². The van der Waals surface area contributed by atoms with Gasteiger partial charge >= 0.3 is 11.4 Å². The highest BCUT2D eigenvalue weighted by Gasteiger charge is 2.36. The number of carbonyl (C=O) groups is 1. The molecule has 11 heteroatoms. The molecule has 0 bridgehead atoms. The molecule has 22 heavy (non-hydrogen) atoms. The highest BCUT2D eigenvalue weighted by Crippen LogP contribution is 2.39. The second-order valence-corrected chi connectivity index (χ2v) is 4.83. The predicted octanol–water partition coefficient (Wildman–Crippen LogP) is 1.89. The van der Waals surface area contributed by atoms with Crippen LogP contribution >= 0.6 is 23.2 Å². The smallest absolute Gasteiger partial charge is 0.365 e. The molecule has 1 rings (SSSR count). The van der Waals surface area contributed by atoms with Crippen LogP contribution in [0.5, 0.6) is 0 Å². The summed E-state index contributed by atoms with van der Waals surface area (Å²) >= 11 is 11.3. The summed E-state index contributed by atoms with van der Waals surface area (Å²) in [4.78, 5) is 33.2. The van der Waals surface area contributed by atoms with Crippen molar-refractivity contribution in [2.45, 2.75) is 0 Å². The fourth-order valence-electron chi connectivity index (χ4n) is 1.94. The van der Waals surface area contributed by atoms with Gasteiger partial charge in [0.25, 0.3) is 5.91 Å². The third kappa shape index (κ3) is 3.74. The third-order valence-corrected chi connectivity index (χ3v) is 3.15. The van der Waals surface area contributed by atoms with Gasteiger partial charge in [0.05, 0.1) is 9.85 Å². The van der Waals surface area contributed by atoms with Gasteiger partial charge in [0.2, 0.25) is 0 Å². The largest absolute Gasteiger partial charge is 0.369 e. The molecule has 0 aliphatic rings. The van der Waals surface area contributed by atoms with E-state index in [1.807, 2.05) is 0 Å². The standard InChI is InChI=1S/C11H12Cl2N4O5/c12-3-5-15(6-4-13)8-2-1-7(11(14)18)9(16(19)20)10(8)17(21)22/h1-2H,3-6H2,(H2,14,18). The lowest BCUT2D eigenvalue weighted by atomic mass is 10.1. The Morgan fingerprint density at radius 1 is 1.09 bits per heavy atom.